The monoisotopic (exact) mass is 1220 g/mol. The van der Waals surface area contributed by atoms with Crippen LogP contribution in [-0.2, 0) is 18.4 Å². The minimum absolute atomic E-state index is 0.0726. The van der Waals surface area contributed by atoms with E-state index >= 15 is 0 Å². The van der Waals surface area contributed by atoms with Gasteiger partial charge < -0.3 is 19.8 Å². The smallest absolute Gasteiger partial charge is 0.391 e. The molecule has 0 aliphatic rings. The lowest BCUT2D eigenvalue weighted by atomic mass is 10.0. The first-order chi connectivity index (χ1) is 42.0. The molecule has 0 heterocycles. The summed E-state index contributed by atoms with van der Waals surface area (Å²) in [6.45, 7) is 4.81. The zero-order valence-corrected chi connectivity index (χ0v) is 58.2. The van der Waals surface area contributed by atoms with Gasteiger partial charge in [-0.05, 0) is 77.0 Å². The molecule has 0 rings (SSSR count). The lowest BCUT2D eigenvalue weighted by molar-refractivity contribution is -0.870. The van der Waals surface area contributed by atoms with Crippen LogP contribution < -0.4 is 5.32 Å². The first kappa shape index (κ1) is 83.4. The fourth-order valence-electron chi connectivity index (χ4n) is 10.7. The zero-order chi connectivity index (χ0) is 62.6. The highest BCUT2D eigenvalue weighted by molar-refractivity contribution is 7.47. The molecule has 8 nitrogen and oxygen atoms in total. The number of nitrogens with one attached hydrogen (secondary N) is 1. The fourth-order valence-corrected chi connectivity index (χ4v) is 11.5. The molecule has 0 fully saturated rings. The van der Waals surface area contributed by atoms with E-state index in [1.807, 2.05) is 21.1 Å². The van der Waals surface area contributed by atoms with Crippen molar-refractivity contribution >= 4 is 13.7 Å². The van der Waals surface area contributed by atoms with Gasteiger partial charge in [-0.1, -0.05) is 349 Å². The Kier molecular flexibility index (Phi) is 64.8. The topological polar surface area (TPSA) is 105 Å². The van der Waals surface area contributed by atoms with E-state index in [1.165, 1.54) is 218 Å². The maximum atomic E-state index is 13.1. The van der Waals surface area contributed by atoms with E-state index < -0.39 is 20.0 Å². The fraction of sp³-hybridized carbons (Fsp3) is 0.779. The summed E-state index contributed by atoms with van der Waals surface area (Å²) in [6.07, 6.45) is 96.6. The number of phosphoric acid groups is 1. The number of phosphoric ester groups is 1. The molecule has 3 N–H and O–H groups in total. The number of quaternary nitrogens is 1. The van der Waals surface area contributed by atoms with Crippen LogP contribution in [0.5, 0.6) is 0 Å². The normalized spacial score (nSPS) is 14.2. The van der Waals surface area contributed by atoms with Gasteiger partial charge in [-0.25, -0.2) is 4.57 Å². The van der Waals surface area contributed by atoms with E-state index in [9.17, 15) is 19.4 Å². The van der Waals surface area contributed by atoms with E-state index in [0.29, 0.717) is 23.9 Å². The number of carbonyl (C=O) groups is 1. The molecular formula is C77H142N2O6P+. The van der Waals surface area contributed by atoms with Crippen molar-refractivity contribution < 1.29 is 32.9 Å². The number of hydrogen-bond donors (Lipinski definition) is 3. The van der Waals surface area contributed by atoms with Crippen LogP contribution in [-0.4, -0.2) is 73.4 Å². The number of aliphatic hydroxyl groups is 1. The molecule has 0 aromatic rings. The molecule has 0 saturated heterocycles. The van der Waals surface area contributed by atoms with Crippen molar-refractivity contribution in [2.45, 2.75) is 347 Å². The predicted octanol–water partition coefficient (Wildman–Crippen LogP) is 23.7. The Bertz CT molecular complexity index is 1730. The van der Waals surface area contributed by atoms with Gasteiger partial charge in [0.1, 0.15) is 13.2 Å². The van der Waals surface area contributed by atoms with Crippen LogP contribution in [0.25, 0.3) is 0 Å². The van der Waals surface area contributed by atoms with Gasteiger partial charge in [0.05, 0.1) is 39.9 Å². The zero-order valence-electron chi connectivity index (χ0n) is 57.3. The second-order valence-corrected chi connectivity index (χ2v) is 27.4. The Hall–Kier alpha value is -2.58. The van der Waals surface area contributed by atoms with Gasteiger partial charge in [0.2, 0.25) is 5.91 Å². The number of unbranched alkanes of at least 4 members (excludes halogenated alkanes) is 38. The van der Waals surface area contributed by atoms with Crippen LogP contribution in [0.2, 0.25) is 0 Å². The average Bonchev–Trinajstić information content (AvgIpc) is 3.70. The van der Waals surface area contributed by atoms with E-state index in [4.69, 9.17) is 9.05 Å². The van der Waals surface area contributed by atoms with Gasteiger partial charge in [-0.2, -0.15) is 0 Å². The van der Waals surface area contributed by atoms with Crippen molar-refractivity contribution in [2.75, 3.05) is 40.9 Å². The highest BCUT2D eigenvalue weighted by Gasteiger charge is 2.28. The van der Waals surface area contributed by atoms with E-state index in [2.05, 4.69) is 116 Å². The summed E-state index contributed by atoms with van der Waals surface area (Å²) in [4.78, 5) is 23.5. The van der Waals surface area contributed by atoms with Crippen molar-refractivity contribution in [3.05, 3.63) is 97.2 Å². The second-order valence-electron chi connectivity index (χ2n) is 25.9. The molecule has 0 spiro atoms. The minimum Gasteiger partial charge on any atom is -0.391 e. The predicted molar refractivity (Wildman–Crippen MR) is 378 cm³/mol. The van der Waals surface area contributed by atoms with Crippen LogP contribution in [0, 0.1) is 0 Å². The summed E-state index contributed by atoms with van der Waals surface area (Å²) in [5, 5.41) is 14.2. The molecule has 3 atom stereocenters. The first-order valence-corrected chi connectivity index (χ1v) is 38.1. The Balaban J connectivity index is 4.02. The number of rotatable bonds is 67. The van der Waals surface area contributed by atoms with Gasteiger partial charge in [0.15, 0.2) is 0 Å². The summed E-state index contributed by atoms with van der Waals surface area (Å²) >= 11 is 0. The SMILES string of the molecule is CC/C=C\C/C=C\C/C=C\C/C=C\C/C=C\C/C=C\C/C=C\C/C=C\CCCCCCCCCCCCCCCCC(=O)NC(COP(=O)(O)OCC[N+](C)(C)C)C(O)CCCCCCCCCCCCCCCCCCCCCCCCCCC. The maximum absolute atomic E-state index is 13.1. The summed E-state index contributed by atoms with van der Waals surface area (Å²) < 4.78 is 23.9. The van der Waals surface area contributed by atoms with Gasteiger partial charge in [0.25, 0.3) is 0 Å². The third-order valence-corrected chi connectivity index (χ3v) is 17.3. The molecule has 0 radical (unpaired) electrons. The quantitative estimate of drug-likeness (QED) is 0.0243. The van der Waals surface area contributed by atoms with Crippen LogP contribution in [0.1, 0.15) is 335 Å². The Labute approximate surface area is 534 Å². The molecule has 1 amide bonds. The number of allylic oxidation sites excluding steroid dienone is 16. The molecular weight excluding hydrogens is 1080 g/mol. The van der Waals surface area contributed by atoms with Crippen molar-refractivity contribution in [1.29, 1.82) is 0 Å². The molecule has 0 aliphatic heterocycles. The molecule has 500 valence electrons. The number of nitrogens with zero attached hydrogens (tertiary/aromatic N) is 1. The standard InChI is InChI=1S/C77H141N2O6P/c1-6-8-10-12-14-16-18-20-22-24-26-28-30-32-33-34-35-36-37-38-39-40-41-42-43-44-45-47-49-51-53-55-57-59-61-63-65-67-69-71-77(81)78-75(74-85-86(82,83)84-73-72-79(3,4)5)76(80)70-68-66-64-62-60-58-56-54-52-50-48-46-31-29-27-25-23-21-19-17-15-13-11-9-7-2/h8,10,14,16,20,22,26,28,32-33,35-36,38-39,41-42,75-76,80H,6-7,9,11-13,15,17-19,21,23-25,27,29-31,34,37,40,43-74H2,1-5H3,(H-,78,81,82,83)/p+1/b10-8-,16-14-,22-20-,28-26-,33-32-,36-35-,39-38-,42-41-. The third kappa shape index (κ3) is 68.9. The van der Waals surface area contributed by atoms with E-state index in [-0.39, 0.29) is 19.1 Å². The first-order valence-electron chi connectivity index (χ1n) is 36.6. The largest absolute Gasteiger partial charge is 0.472 e. The molecule has 0 aliphatic carbocycles. The summed E-state index contributed by atoms with van der Waals surface area (Å²) in [5.74, 6) is -0.143. The lowest BCUT2D eigenvalue weighted by Gasteiger charge is -2.26. The maximum Gasteiger partial charge on any atom is 0.472 e. The van der Waals surface area contributed by atoms with Crippen LogP contribution >= 0.6 is 7.82 Å². The Morgan fingerprint density at radius 3 is 1.02 bits per heavy atom. The molecule has 0 aromatic heterocycles. The summed E-state index contributed by atoms with van der Waals surface area (Å²) in [7, 11) is 1.62. The highest BCUT2D eigenvalue weighted by atomic mass is 31.2. The van der Waals surface area contributed by atoms with Crippen molar-refractivity contribution in [2.24, 2.45) is 0 Å². The Morgan fingerprint density at radius 2 is 0.698 bits per heavy atom. The number of hydrogen-bond acceptors (Lipinski definition) is 5. The molecule has 0 saturated carbocycles. The number of likely N-dealkylation sites (N-methyl/N-ethyl adjacent to an activating group) is 1. The molecule has 0 bridgehead atoms. The number of aliphatic hydroxyl groups excluding tert-OH is 1. The lowest BCUT2D eigenvalue weighted by Crippen LogP contribution is -2.46. The molecule has 86 heavy (non-hydrogen) atoms. The van der Waals surface area contributed by atoms with E-state index in [1.54, 1.807) is 0 Å². The van der Waals surface area contributed by atoms with E-state index in [0.717, 1.165) is 89.9 Å². The van der Waals surface area contributed by atoms with Crippen molar-refractivity contribution in [3.63, 3.8) is 0 Å². The third-order valence-electron chi connectivity index (χ3n) is 16.3. The van der Waals surface area contributed by atoms with Crippen LogP contribution in [0.3, 0.4) is 0 Å². The summed E-state index contributed by atoms with van der Waals surface area (Å²) in [6, 6.07) is -0.767. The minimum atomic E-state index is -4.34. The van der Waals surface area contributed by atoms with Gasteiger partial charge in [-0.15, -0.1) is 0 Å². The number of amides is 1. The van der Waals surface area contributed by atoms with Crippen LogP contribution in [0.15, 0.2) is 97.2 Å². The highest BCUT2D eigenvalue weighted by Crippen LogP contribution is 2.43. The summed E-state index contributed by atoms with van der Waals surface area (Å²) in [5.41, 5.74) is 0. The molecule has 3 unspecified atom stereocenters. The molecule has 9 heteroatoms. The van der Waals surface area contributed by atoms with Crippen molar-refractivity contribution in [3.8, 4) is 0 Å². The van der Waals surface area contributed by atoms with Gasteiger partial charge in [0, 0.05) is 6.42 Å². The average molecular weight is 1220 g/mol. The van der Waals surface area contributed by atoms with Gasteiger partial charge >= 0.3 is 7.82 Å². The Morgan fingerprint density at radius 1 is 0.407 bits per heavy atom. The molecule has 0 aromatic carbocycles. The number of carbonyl (C=O) groups excluding carboxylic acids is 1. The van der Waals surface area contributed by atoms with Crippen molar-refractivity contribution in [1.82, 2.24) is 5.32 Å². The second kappa shape index (κ2) is 66.8. The van der Waals surface area contributed by atoms with Gasteiger partial charge in [-0.3, -0.25) is 13.8 Å². The van der Waals surface area contributed by atoms with Crippen LogP contribution in [0.4, 0.5) is 0 Å².